The highest BCUT2D eigenvalue weighted by molar-refractivity contribution is 5.92. The summed E-state index contributed by atoms with van der Waals surface area (Å²) in [4.78, 5) is 23.9. The number of rotatable bonds is 8. The van der Waals surface area contributed by atoms with Crippen molar-refractivity contribution < 1.29 is 23.6 Å². The van der Waals surface area contributed by atoms with Gasteiger partial charge in [0.1, 0.15) is 11.4 Å². The third kappa shape index (κ3) is 5.70. The molecule has 0 saturated carbocycles. The Bertz CT molecular complexity index is 1010. The number of nitrogens with zero attached hydrogens (tertiary/aromatic N) is 1. The van der Waals surface area contributed by atoms with E-state index >= 15 is 0 Å². The van der Waals surface area contributed by atoms with Crippen molar-refractivity contribution in [3.63, 3.8) is 0 Å². The molecule has 3 aromatic rings. The SMILES string of the molecule is Cc1ccc(-c2cc(NC(=O)COC(=O)COc3ccccc3C(C)C)on2)cc1. The van der Waals surface area contributed by atoms with Crippen molar-refractivity contribution in [2.75, 3.05) is 18.5 Å². The standard InChI is InChI=1S/C23H24N2O5/c1-15(2)18-6-4-5-7-20(18)28-14-23(27)29-13-21(26)24-22-12-19(25-30-22)17-10-8-16(3)9-11-17/h4-12,15H,13-14H2,1-3H3,(H,24,26). The number of esters is 1. The molecule has 0 bridgehead atoms. The van der Waals surface area contributed by atoms with Gasteiger partial charge in [-0.1, -0.05) is 67.0 Å². The number of amides is 1. The maximum atomic E-state index is 12.0. The summed E-state index contributed by atoms with van der Waals surface area (Å²) in [7, 11) is 0. The lowest BCUT2D eigenvalue weighted by Gasteiger charge is -2.13. The fourth-order valence-electron chi connectivity index (χ4n) is 2.78. The smallest absolute Gasteiger partial charge is 0.344 e. The molecule has 0 spiro atoms. The molecule has 1 aromatic heterocycles. The number of hydrogen-bond donors (Lipinski definition) is 1. The Balaban J connectivity index is 1.46. The van der Waals surface area contributed by atoms with Gasteiger partial charge in [0, 0.05) is 11.6 Å². The van der Waals surface area contributed by atoms with Gasteiger partial charge in [-0.3, -0.25) is 10.1 Å². The molecular formula is C23H24N2O5. The number of carbonyl (C=O) groups excluding carboxylic acids is 2. The zero-order valence-corrected chi connectivity index (χ0v) is 17.2. The molecule has 1 heterocycles. The molecule has 1 N–H and O–H groups in total. The molecule has 0 fully saturated rings. The highest BCUT2D eigenvalue weighted by Crippen LogP contribution is 2.26. The highest BCUT2D eigenvalue weighted by Gasteiger charge is 2.13. The van der Waals surface area contributed by atoms with E-state index in [2.05, 4.69) is 10.5 Å². The van der Waals surface area contributed by atoms with Crippen LogP contribution in [0.25, 0.3) is 11.3 Å². The number of benzene rings is 2. The van der Waals surface area contributed by atoms with E-state index in [9.17, 15) is 9.59 Å². The van der Waals surface area contributed by atoms with Gasteiger partial charge in [0.2, 0.25) is 5.88 Å². The van der Waals surface area contributed by atoms with Crippen LogP contribution in [0.3, 0.4) is 0 Å². The topological polar surface area (TPSA) is 90.7 Å². The number of hydrogen-bond acceptors (Lipinski definition) is 6. The predicted octanol–water partition coefficient (Wildman–Crippen LogP) is 4.33. The monoisotopic (exact) mass is 408 g/mol. The Kier molecular flexibility index (Phi) is 6.85. The molecule has 3 rings (SSSR count). The lowest BCUT2D eigenvalue weighted by atomic mass is 10.0. The first kappa shape index (κ1) is 21.1. The van der Waals surface area contributed by atoms with Gasteiger partial charge in [0.05, 0.1) is 0 Å². The largest absolute Gasteiger partial charge is 0.482 e. The summed E-state index contributed by atoms with van der Waals surface area (Å²) in [6, 6.07) is 16.9. The predicted molar refractivity (Wildman–Crippen MR) is 112 cm³/mol. The van der Waals surface area contributed by atoms with Crippen LogP contribution in [0.4, 0.5) is 5.88 Å². The minimum Gasteiger partial charge on any atom is -0.482 e. The number of aromatic nitrogens is 1. The molecule has 30 heavy (non-hydrogen) atoms. The molecular weight excluding hydrogens is 384 g/mol. The van der Waals surface area contributed by atoms with Crippen molar-refractivity contribution >= 4 is 17.8 Å². The van der Waals surface area contributed by atoms with Crippen LogP contribution in [-0.4, -0.2) is 30.2 Å². The van der Waals surface area contributed by atoms with Crippen molar-refractivity contribution in [3.8, 4) is 17.0 Å². The van der Waals surface area contributed by atoms with E-state index in [1.807, 2.05) is 63.2 Å². The van der Waals surface area contributed by atoms with Gasteiger partial charge in [-0.2, -0.15) is 0 Å². The summed E-state index contributed by atoms with van der Waals surface area (Å²) in [6.45, 7) is 5.34. The number of aryl methyl sites for hydroxylation is 1. The normalized spacial score (nSPS) is 10.7. The van der Waals surface area contributed by atoms with E-state index in [0.717, 1.165) is 16.7 Å². The van der Waals surface area contributed by atoms with Crippen LogP contribution >= 0.6 is 0 Å². The summed E-state index contributed by atoms with van der Waals surface area (Å²) < 4.78 is 15.6. The van der Waals surface area contributed by atoms with Gasteiger partial charge < -0.3 is 14.0 Å². The van der Waals surface area contributed by atoms with Gasteiger partial charge in [0.15, 0.2) is 13.2 Å². The zero-order valence-electron chi connectivity index (χ0n) is 17.2. The van der Waals surface area contributed by atoms with Crippen LogP contribution in [0, 0.1) is 6.92 Å². The van der Waals surface area contributed by atoms with Crippen LogP contribution in [-0.2, 0) is 14.3 Å². The van der Waals surface area contributed by atoms with Gasteiger partial charge in [0.25, 0.3) is 5.91 Å². The Morgan fingerprint density at radius 3 is 2.53 bits per heavy atom. The molecule has 0 radical (unpaired) electrons. The lowest BCUT2D eigenvalue weighted by Crippen LogP contribution is -2.23. The van der Waals surface area contributed by atoms with Crippen molar-refractivity contribution in [2.45, 2.75) is 26.7 Å². The summed E-state index contributed by atoms with van der Waals surface area (Å²) in [5.41, 5.74) is 3.60. The van der Waals surface area contributed by atoms with Gasteiger partial charge in [-0.25, -0.2) is 4.79 Å². The first-order chi connectivity index (χ1) is 14.4. The molecule has 2 aromatic carbocycles. The molecule has 0 aliphatic heterocycles. The minimum atomic E-state index is -0.637. The van der Waals surface area contributed by atoms with Crippen LogP contribution in [0.1, 0.15) is 30.9 Å². The second-order valence-electron chi connectivity index (χ2n) is 7.13. The summed E-state index contributed by atoms with van der Waals surface area (Å²) in [5.74, 6) is -0.109. The average Bonchev–Trinajstić information content (AvgIpc) is 3.19. The molecule has 0 aliphatic rings. The quantitative estimate of drug-likeness (QED) is 0.558. The first-order valence-electron chi connectivity index (χ1n) is 9.63. The second kappa shape index (κ2) is 9.73. The molecule has 0 saturated heterocycles. The first-order valence-corrected chi connectivity index (χ1v) is 9.63. The highest BCUT2D eigenvalue weighted by atomic mass is 16.6. The van der Waals surface area contributed by atoms with E-state index in [4.69, 9.17) is 14.0 Å². The molecule has 0 atom stereocenters. The van der Waals surface area contributed by atoms with Gasteiger partial charge >= 0.3 is 5.97 Å². The Morgan fingerprint density at radius 2 is 1.80 bits per heavy atom. The maximum absolute atomic E-state index is 12.0. The third-order valence-corrected chi connectivity index (χ3v) is 4.37. The van der Waals surface area contributed by atoms with E-state index in [0.29, 0.717) is 11.4 Å². The Hall–Kier alpha value is -3.61. The van der Waals surface area contributed by atoms with Crippen LogP contribution in [0.15, 0.2) is 59.1 Å². The van der Waals surface area contributed by atoms with E-state index in [1.165, 1.54) is 0 Å². The fourth-order valence-corrected chi connectivity index (χ4v) is 2.78. The van der Waals surface area contributed by atoms with Crippen LogP contribution in [0.5, 0.6) is 5.75 Å². The van der Waals surface area contributed by atoms with Crippen LogP contribution in [0.2, 0.25) is 0 Å². The number of ether oxygens (including phenoxy) is 2. The minimum absolute atomic E-state index is 0.175. The second-order valence-corrected chi connectivity index (χ2v) is 7.13. The Labute approximate surface area is 175 Å². The number of nitrogens with one attached hydrogen (secondary N) is 1. The molecule has 1 amide bonds. The van der Waals surface area contributed by atoms with Crippen molar-refractivity contribution in [2.24, 2.45) is 0 Å². The van der Waals surface area contributed by atoms with Crippen LogP contribution < -0.4 is 10.1 Å². The summed E-state index contributed by atoms with van der Waals surface area (Å²) in [5, 5.41) is 6.44. The van der Waals surface area contributed by atoms with Crippen molar-refractivity contribution in [1.29, 1.82) is 0 Å². The summed E-state index contributed by atoms with van der Waals surface area (Å²) in [6.07, 6.45) is 0. The lowest BCUT2D eigenvalue weighted by molar-refractivity contribution is -0.149. The van der Waals surface area contributed by atoms with Crippen molar-refractivity contribution in [1.82, 2.24) is 5.16 Å². The van der Waals surface area contributed by atoms with Gasteiger partial charge in [-0.05, 0) is 24.5 Å². The van der Waals surface area contributed by atoms with Gasteiger partial charge in [-0.15, -0.1) is 0 Å². The van der Waals surface area contributed by atoms with E-state index in [1.54, 1.807) is 12.1 Å². The summed E-state index contributed by atoms with van der Waals surface area (Å²) >= 11 is 0. The molecule has 156 valence electrons. The molecule has 0 aliphatic carbocycles. The van der Waals surface area contributed by atoms with E-state index < -0.39 is 18.5 Å². The zero-order chi connectivity index (χ0) is 21.5. The average molecular weight is 408 g/mol. The Morgan fingerprint density at radius 1 is 1.07 bits per heavy atom. The third-order valence-electron chi connectivity index (χ3n) is 4.37. The van der Waals surface area contributed by atoms with Crippen molar-refractivity contribution in [3.05, 3.63) is 65.7 Å². The number of para-hydroxylation sites is 1. The van der Waals surface area contributed by atoms with E-state index in [-0.39, 0.29) is 18.4 Å². The number of carbonyl (C=O) groups is 2. The molecule has 7 heteroatoms. The molecule has 7 nitrogen and oxygen atoms in total. The molecule has 0 unspecified atom stereocenters. The fraction of sp³-hybridized carbons (Fsp3) is 0.261. The maximum Gasteiger partial charge on any atom is 0.344 e. The number of anilines is 1.